The zero-order valence-corrected chi connectivity index (χ0v) is 7.83. The predicted molar refractivity (Wildman–Crippen MR) is 48.6 cm³/mol. The lowest BCUT2D eigenvalue weighted by Gasteiger charge is -2.03. The average molecular weight is 198 g/mol. The molecule has 3 nitrogen and oxygen atoms in total. The van der Waals surface area contributed by atoms with Crippen molar-refractivity contribution in [2.45, 2.75) is 0 Å². The van der Waals surface area contributed by atoms with E-state index < -0.39 is 11.8 Å². The summed E-state index contributed by atoms with van der Waals surface area (Å²) in [6.45, 7) is 0.507. The molecular weight excluding hydrogens is 187 g/mol. The number of rotatable bonds is 4. The Bertz CT molecular complexity index is 312. The Morgan fingerprint density at radius 1 is 1.43 bits per heavy atom. The zero-order valence-electron chi connectivity index (χ0n) is 7.83. The van der Waals surface area contributed by atoms with E-state index in [2.05, 4.69) is 0 Å². The largest absolute Gasteiger partial charge is 0.460 e. The molecule has 1 rings (SSSR count). The molecule has 76 valence electrons. The van der Waals surface area contributed by atoms with Crippen LogP contribution in [-0.2, 0) is 9.47 Å². The van der Waals surface area contributed by atoms with E-state index in [0.717, 1.165) is 6.07 Å². The third kappa shape index (κ3) is 3.14. The van der Waals surface area contributed by atoms with E-state index in [9.17, 15) is 9.18 Å². The van der Waals surface area contributed by atoms with Crippen LogP contribution in [0.25, 0.3) is 0 Å². The van der Waals surface area contributed by atoms with Crippen LogP contribution in [0.4, 0.5) is 4.39 Å². The van der Waals surface area contributed by atoms with Gasteiger partial charge in [0.25, 0.3) is 0 Å². The number of benzene rings is 1. The van der Waals surface area contributed by atoms with Crippen LogP contribution in [-0.4, -0.2) is 26.3 Å². The third-order valence-corrected chi connectivity index (χ3v) is 1.58. The number of hydrogen-bond donors (Lipinski definition) is 0. The Labute approximate surface area is 81.4 Å². The van der Waals surface area contributed by atoms with Crippen LogP contribution in [0.1, 0.15) is 10.4 Å². The summed E-state index contributed by atoms with van der Waals surface area (Å²) in [7, 11) is 1.51. The van der Waals surface area contributed by atoms with Gasteiger partial charge in [-0.25, -0.2) is 9.18 Å². The minimum atomic E-state index is -0.540. The Balaban J connectivity index is 2.52. The van der Waals surface area contributed by atoms with Crippen molar-refractivity contribution < 1.29 is 18.7 Å². The SMILES string of the molecule is COCCOC(=O)c1cccc(F)c1. The fourth-order valence-corrected chi connectivity index (χ4v) is 0.916. The smallest absolute Gasteiger partial charge is 0.338 e. The van der Waals surface area contributed by atoms with Gasteiger partial charge in [0.15, 0.2) is 0 Å². The van der Waals surface area contributed by atoms with E-state index in [1.807, 2.05) is 0 Å². The number of esters is 1. The minimum Gasteiger partial charge on any atom is -0.460 e. The monoisotopic (exact) mass is 198 g/mol. The molecule has 0 bridgehead atoms. The molecule has 0 saturated carbocycles. The summed E-state index contributed by atoms with van der Waals surface area (Å²) in [5.74, 6) is -0.993. The second kappa shape index (κ2) is 5.34. The predicted octanol–water partition coefficient (Wildman–Crippen LogP) is 1.63. The van der Waals surface area contributed by atoms with E-state index >= 15 is 0 Å². The van der Waals surface area contributed by atoms with E-state index in [1.165, 1.54) is 25.3 Å². The standard InChI is InChI=1S/C10H11FO3/c1-13-5-6-14-10(12)8-3-2-4-9(11)7-8/h2-4,7H,5-6H2,1H3. The minimum absolute atomic E-state index is 0.172. The molecule has 0 aromatic heterocycles. The Hall–Kier alpha value is -1.42. The van der Waals surface area contributed by atoms with E-state index in [1.54, 1.807) is 0 Å². The van der Waals surface area contributed by atoms with Crippen molar-refractivity contribution in [3.8, 4) is 0 Å². The quantitative estimate of drug-likeness (QED) is 0.545. The highest BCUT2D eigenvalue weighted by Crippen LogP contribution is 2.04. The van der Waals surface area contributed by atoms with Crippen molar-refractivity contribution in [2.24, 2.45) is 0 Å². The van der Waals surface area contributed by atoms with Crippen LogP contribution in [0, 0.1) is 5.82 Å². The fraction of sp³-hybridized carbons (Fsp3) is 0.300. The van der Waals surface area contributed by atoms with Gasteiger partial charge in [-0.05, 0) is 18.2 Å². The number of hydrogen-bond acceptors (Lipinski definition) is 3. The van der Waals surface area contributed by atoms with E-state index in [4.69, 9.17) is 9.47 Å². The molecule has 4 heteroatoms. The van der Waals surface area contributed by atoms with Gasteiger partial charge in [0.2, 0.25) is 0 Å². The van der Waals surface area contributed by atoms with Crippen molar-refractivity contribution >= 4 is 5.97 Å². The van der Waals surface area contributed by atoms with Crippen molar-refractivity contribution in [3.05, 3.63) is 35.6 Å². The van der Waals surface area contributed by atoms with Crippen LogP contribution < -0.4 is 0 Å². The first kappa shape index (κ1) is 10.7. The Kier molecular flexibility index (Phi) is 4.07. The maximum absolute atomic E-state index is 12.7. The maximum Gasteiger partial charge on any atom is 0.338 e. The molecule has 0 radical (unpaired) electrons. The fourth-order valence-electron chi connectivity index (χ4n) is 0.916. The summed E-state index contributed by atoms with van der Waals surface area (Å²) < 4.78 is 22.2. The topological polar surface area (TPSA) is 35.5 Å². The van der Waals surface area contributed by atoms with Crippen molar-refractivity contribution in [1.29, 1.82) is 0 Å². The number of methoxy groups -OCH3 is 1. The van der Waals surface area contributed by atoms with Crippen molar-refractivity contribution in [1.82, 2.24) is 0 Å². The highest BCUT2D eigenvalue weighted by molar-refractivity contribution is 5.89. The number of ether oxygens (including phenoxy) is 2. The van der Waals surface area contributed by atoms with Gasteiger partial charge in [-0.15, -0.1) is 0 Å². The zero-order chi connectivity index (χ0) is 10.4. The number of halogens is 1. The third-order valence-electron chi connectivity index (χ3n) is 1.58. The summed E-state index contributed by atoms with van der Waals surface area (Å²) in [5, 5.41) is 0. The van der Waals surface area contributed by atoms with Crippen LogP contribution in [0.5, 0.6) is 0 Å². The maximum atomic E-state index is 12.7. The Morgan fingerprint density at radius 2 is 2.21 bits per heavy atom. The van der Waals surface area contributed by atoms with E-state index in [0.29, 0.717) is 6.61 Å². The Morgan fingerprint density at radius 3 is 2.86 bits per heavy atom. The molecule has 1 aromatic carbocycles. The second-order valence-corrected chi connectivity index (χ2v) is 2.64. The lowest BCUT2D eigenvalue weighted by Crippen LogP contribution is -2.09. The molecule has 0 aliphatic carbocycles. The van der Waals surface area contributed by atoms with E-state index in [-0.39, 0.29) is 12.2 Å². The molecule has 0 saturated heterocycles. The van der Waals surface area contributed by atoms with Gasteiger partial charge in [0.05, 0.1) is 12.2 Å². The summed E-state index contributed by atoms with van der Waals surface area (Å²) in [4.78, 5) is 11.2. The second-order valence-electron chi connectivity index (χ2n) is 2.64. The summed E-state index contributed by atoms with van der Waals surface area (Å²) in [6, 6.07) is 5.36. The lowest BCUT2D eigenvalue weighted by molar-refractivity contribution is 0.0387. The van der Waals surface area contributed by atoms with Crippen molar-refractivity contribution in [2.75, 3.05) is 20.3 Å². The first-order valence-corrected chi connectivity index (χ1v) is 4.15. The van der Waals surface area contributed by atoms with Crippen LogP contribution >= 0.6 is 0 Å². The van der Waals surface area contributed by atoms with Gasteiger partial charge in [-0.1, -0.05) is 6.07 Å². The molecule has 0 fully saturated rings. The van der Waals surface area contributed by atoms with Crippen LogP contribution in [0.2, 0.25) is 0 Å². The molecule has 0 atom stereocenters. The summed E-state index contributed by atoms with van der Waals surface area (Å²) in [6.07, 6.45) is 0. The molecule has 0 amide bonds. The molecule has 0 aliphatic heterocycles. The normalized spacial score (nSPS) is 9.86. The first-order chi connectivity index (χ1) is 6.74. The molecular formula is C10H11FO3. The first-order valence-electron chi connectivity index (χ1n) is 4.15. The van der Waals surface area contributed by atoms with Gasteiger partial charge in [0.1, 0.15) is 12.4 Å². The molecule has 0 unspecified atom stereocenters. The van der Waals surface area contributed by atoms with Crippen LogP contribution in [0.3, 0.4) is 0 Å². The van der Waals surface area contributed by atoms with Crippen LogP contribution in [0.15, 0.2) is 24.3 Å². The highest BCUT2D eigenvalue weighted by atomic mass is 19.1. The van der Waals surface area contributed by atoms with Gasteiger partial charge in [0, 0.05) is 7.11 Å². The summed E-state index contributed by atoms with van der Waals surface area (Å²) in [5.41, 5.74) is 0.209. The number of carbonyl (C=O) groups is 1. The number of carbonyl (C=O) groups excluding carboxylic acids is 1. The molecule has 0 spiro atoms. The summed E-state index contributed by atoms with van der Waals surface area (Å²) >= 11 is 0. The van der Waals surface area contributed by atoms with Gasteiger partial charge in [-0.2, -0.15) is 0 Å². The molecule has 14 heavy (non-hydrogen) atoms. The van der Waals surface area contributed by atoms with Gasteiger partial charge in [-0.3, -0.25) is 0 Å². The lowest BCUT2D eigenvalue weighted by atomic mass is 10.2. The highest BCUT2D eigenvalue weighted by Gasteiger charge is 2.06. The van der Waals surface area contributed by atoms with Crippen molar-refractivity contribution in [3.63, 3.8) is 0 Å². The molecule has 0 aliphatic rings. The molecule has 0 heterocycles. The van der Waals surface area contributed by atoms with Gasteiger partial charge < -0.3 is 9.47 Å². The molecule has 1 aromatic rings. The average Bonchev–Trinajstić information content (AvgIpc) is 2.18. The van der Waals surface area contributed by atoms with Gasteiger partial charge >= 0.3 is 5.97 Å². The molecule has 0 N–H and O–H groups in total.